The summed E-state index contributed by atoms with van der Waals surface area (Å²) in [6, 6.07) is 9.74. The molecule has 1 amide bonds. The Kier molecular flexibility index (Phi) is 5.53. The monoisotopic (exact) mass is 428 g/mol. The number of benzene rings is 1. The summed E-state index contributed by atoms with van der Waals surface area (Å²) in [5.74, 6) is -0.202. The molecular formula is C22H25ClN4O3. The lowest BCUT2D eigenvalue weighted by Crippen LogP contribution is -2.61. The van der Waals surface area contributed by atoms with Crippen molar-refractivity contribution in [2.45, 2.75) is 44.2 Å². The lowest BCUT2D eigenvalue weighted by Gasteiger charge is -2.43. The van der Waals surface area contributed by atoms with Gasteiger partial charge in [0.05, 0.1) is 28.3 Å². The van der Waals surface area contributed by atoms with E-state index in [0.29, 0.717) is 41.9 Å². The molecule has 0 saturated carbocycles. The number of pyridine rings is 1. The highest BCUT2D eigenvalue weighted by Crippen LogP contribution is 2.35. The molecule has 1 aliphatic heterocycles. The maximum absolute atomic E-state index is 13.7. The van der Waals surface area contributed by atoms with Crippen molar-refractivity contribution in [1.29, 1.82) is 0 Å². The number of aryl methyl sites for hydroxylation is 2. The van der Waals surface area contributed by atoms with Crippen molar-refractivity contribution < 1.29 is 14.4 Å². The summed E-state index contributed by atoms with van der Waals surface area (Å²) in [6.07, 6.45) is 2.48. The summed E-state index contributed by atoms with van der Waals surface area (Å²) < 4.78 is 5.39. The first-order valence-electron chi connectivity index (χ1n) is 10.1. The van der Waals surface area contributed by atoms with Crippen LogP contribution in [0.3, 0.4) is 0 Å². The lowest BCUT2D eigenvalue weighted by molar-refractivity contribution is 0.0290. The number of aromatic nitrogens is 2. The fraction of sp³-hybridized carbons (Fsp3) is 0.409. The molecule has 158 valence electrons. The average Bonchev–Trinajstić information content (AvgIpc) is 3.35. The SMILES string of the molecule is Cc1noc2nc3c(c(C(=O)N[C@]4(c5ccccc5)CCNC[C@H]4O)c12)CCC3.Cl. The maximum Gasteiger partial charge on any atom is 0.259 e. The van der Waals surface area contributed by atoms with Gasteiger partial charge in [-0.15, -0.1) is 12.4 Å². The van der Waals surface area contributed by atoms with Crippen LogP contribution in [0.15, 0.2) is 34.9 Å². The Labute approximate surface area is 180 Å². The van der Waals surface area contributed by atoms with Crippen LogP contribution >= 0.6 is 12.4 Å². The highest BCUT2D eigenvalue weighted by molar-refractivity contribution is 6.08. The minimum atomic E-state index is -0.851. The smallest absolute Gasteiger partial charge is 0.259 e. The zero-order valence-electron chi connectivity index (χ0n) is 16.8. The van der Waals surface area contributed by atoms with E-state index in [9.17, 15) is 9.90 Å². The number of hydrogen-bond donors (Lipinski definition) is 3. The Morgan fingerprint density at radius 2 is 2.10 bits per heavy atom. The summed E-state index contributed by atoms with van der Waals surface area (Å²) in [6.45, 7) is 2.96. The molecule has 1 fully saturated rings. The van der Waals surface area contributed by atoms with Gasteiger partial charge < -0.3 is 20.3 Å². The topological polar surface area (TPSA) is 100 Å². The zero-order valence-corrected chi connectivity index (χ0v) is 17.6. The number of nitrogens with zero attached hydrogens (tertiary/aromatic N) is 2. The number of aliphatic hydroxyl groups excluding tert-OH is 1. The Morgan fingerprint density at radius 3 is 2.87 bits per heavy atom. The predicted octanol–water partition coefficient (Wildman–Crippen LogP) is 2.42. The van der Waals surface area contributed by atoms with Gasteiger partial charge in [-0.05, 0) is 50.3 Å². The van der Waals surface area contributed by atoms with Gasteiger partial charge in [0.2, 0.25) is 0 Å². The molecule has 3 heterocycles. The van der Waals surface area contributed by atoms with Crippen LogP contribution in [-0.2, 0) is 18.4 Å². The molecule has 5 rings (SSSR count). The van der Waals surface area contributed by atoms with E-state index in [1.807, 2.05) is 37.3 Å². The molecule has 3 aromatic rings. The molecule has 0 bridgehead atoms. The van der Waals surface area contributed by atoms with E-state index >= 15 is 0 Å². The fourth-order valence-corrected chi connectivity index (χ4v) is 4.79. The van der Waals surface area contributed by atoms with Crippen LogP contribution in [0.2, 0.25) is 0 Å². The summed E-state index contributed by atoms with van der Waals surface area (Å²) in [7, 11) is 0. The molecule has 30 heavy (non-hydrogen) atoms. The molecule has 1 saturated heterocycles. The molecule has 0 unspecified atom stereocenters. The molecule has 0 radical (unpaired) electrons. The van der Waals surface area contributed by atoms with Gasteiger partial charge in [0, 0.05) is 12.2 Å². The third-order valence-electron chi connectivity index (χ3n) is 6.28. The van der Waals surface area contributed by atoms with Gasteiger partial charge in [0.1, 0.15) is 0 Å². The molecular weight excluding hydrogens is 404 g/mol. The predicted molar refractivity (Wildman–Crippen MR) is 115 cm³/mol. The highest BCUT2D eigenvalue weighted by Gasteiger charge is 2.43. The second-order valence-electron chi connectivity index (χ2n) is 7.98. The Hall–Kier alpha value is -2.48. The van der Waals surface area contributed by atoms with Crippen LogP contribution in [0.4, 0.5) is 0 Å². The molecule has 7 nitrogen and oxygen atoms in total. The van der Waals surface area contributed by atoms with Gasteiger partial charge in [-0.1, -0.05) is 35.5 Å². The van der Waals surface area contributed by atoms with Gasteiger partial charge >= 0.3 is 0 Å². The fourth-order valence-electron chi connectivity index (χ4n) is 4.79. The number of aliphatic hydroxyl groups is 1. The van der Waals surface area contributed by atoms with Crippen molar-refractivity contribution in [2.24, 2.45) is 0 Å². The molecule has 0 spiro atoms. The number of nitrogens with one attached hydrogen (secondary N) is 2. The third kappa shape index (κ3) is 3.17. The van der Waals surface area contributed by atoms with Crippen LogP contribution < -0.4 is 10.6 Å². The van der Waals surface area contributed by atoms with E-state index in [0.717, 1.165) is 36.1 Å². The van der Waals surface area contributed by atoms with E-state index in [1.165, 1.54) is 0 Å². The van der Waals surface area contributed by atoms with E-state index < -0.39 is 11.6 Å². The number of carbonyl (C=O) groups excluding carboxylic acids is 1. The quantitative estimate of drug-likeness (QED) is 0.592. The van der Waals surface area contributed by atoms with Crippen molar-refractivity contribution in [1.82, 2.24) is 20.8 Å². The van der Waals surface area contributed by atoms with Crippen LogP contribution in [0.25, 0.3) is 11.1 Å². The van der Waals surface area contributed by atoms with Crippen LogP contribution in [0.5, 0.6) is 0 Å². The molecule has 3 N–H and O–H groups in total. The van der Waals surface area contributed by atoms with Gasteiger partial charge in [-0.25, -0.2) is 4.98 Å². The summed E-state index contributed by atoms with van der Waals surface area (Å²) >= 11 is 0. The maximum atomic E-state index is 13.7. The number of rotatable bonds is 3. The lowest BCUT2D eigenvalue weighted by atomic mass is 9.78. The first-order valence-corrected chi connectivity index (χ1v) is 10.1. The van der Waals surface area contributed by atoms with Crippen LogP contribution in [-0.4, -0.2) is 40.3 Å². The number of β-amino-alcohol motifs (C(OH)–C–C–N with tert-alkyl or cyclic N) is 1. The van der Waals surface area contributed by atoms with Gasteiger partial charge in [-0.2, -0.15) is 0 Å². The number of hydrogen-bond acceptors (Lipinski definition) is 6. The van der Waals surface area contributed by atoms with Crippen molar-refractivity contribution in [3.8, 4) is 0 Å². The standard InChI is InChI=1S/C22H24N4O3.ClH/c1-13-18-19(15-8-5-9-16(15)24-21(18)29-26-13)20(28)25-22(10-11-23-12-17(22)27)14-6-3-2-4-7-14;/h2-4,6-7,17,23,27H,5,8-12H2,1H3,(H,25,28);1H/t17-,22+;/m1./s1. The van der Waals surface area contributed by atoms with Crippen molar-refractivity contribution in [3.05, 3.63) is 58.4 Å². The second kappa shape index (κ2) is 7.98. The normalized spacial score (nSPS) is 23.1. The number of fused-ring (bicyclic) bond motifs is 2. The number of halogens is 1. The molecule has 8 heteroatoms. The van der Waals surface area contributed by atoms with E-state index in [1.54, 1.807) is 0 Å². The van der Waals surface area contributed by atoms with E-state index in [4.69, 9.17) is 4.52 Å². The highest BCUT2D eigenvalue weighted by atomic mass is 35.5. The minimum Gasteiger partial charge on any atom is -0.389 e. The van der Waals surface area contributed by atoms with Gasteiger partial charge in [-0.3, -0.25) is 4.79 Å². The Bertz CT molecular complexity index is 1080. The number of amides is 1. The number of piperidine rings is 1. The van der Waals surface area contributed by atoms with Crippen molar-refractivity contribution in [2.75, 3.05) is 13.1 Å². The van der Waals surface area contributed by atoms with Crippen molar-refractivity contribution >= 4 is 29.4 Å². The van der Waals surface area contributed by atoms with Gasteiger partial charge in [0.15, 0.2) is 0 Å². The average molecular weight is 429 g/mol. The van der Waals surface area contributed by atoms with E-state index in [2.05, 4.69) is 20.8 Å². The molecule has 2 aromatic heterocycles. The molecule has 2 atom stereocenters. The summed E-state index contributed by atoms with van der Waals surface area (Å²) in [5.41, 5.74) is 3.62. The van der Waals surface area contributed by atoms with Gasteiger partial charge in [0.25, 0.3) is 11.6 Å². The molecule has 2 aliphatic rings. The second-order valence-corrected chi connectivity index (χ2v) is 7.98. The van der Waals surface area contributed by atoms with Crippen LogP contribution in [0, 0.1) is 6.92 Å². The number of carbonyl (C=O) groups is 1. The Morgan fingerprint density at radius 1 is 1.30 bits per heavy atom. The van der Waals surface area contributed by atoms with Crippen molar-refractivity contribution in [3.63, 3.8) is 0 Å². The summed E-state index contributed by atoms with van der Waals surface area (Å²) in [4.78, 5) is 18.3. The third-order valence-corrected chi connectivity index (χ3v) is 6.28. The summed E-state index contributed by atoms with van der Waals surface area (Å²) in [5, 5.41) is 22.1. The molecule has 1 aromatic carbocycles. The van der Waals surface area contributed by atoms with E-state index in [-0.39, 0.29) is 18.3 Å². The van der Waals surface area contributed by atoms with Crippen LogP contribution in [0.1, 0.15) is 45.7 Å². The minimum absolute atomic E-state index is 0. The Balaban J connectivity index is 0.00000218. The first-order chi connectivity index (χ1) is 14.1. The first kappa shape index (κ1) is 20.8. The zero-order chi connectivity index (χ0) is 20.0. The molecule has 1 aliphatic carbocycles. The largest absolute Gasteiger partial charge is 0.389 e.